The van der Waals surface area contributed by atoms with Crippen LogP contribution in [0.25, 0.3) is 55.6 Å². The molecule has 0 amide bonds. The molecule has 0 N–H and O–H groups in total. The topological polar surface area (TPSA) is 19.4 Å². The Balaban J connectivity index is 0.881. The molecule has 116 heavy (non-hydrogen) atoms. The normalized spacial score (nSPS) is 12.6. The molecule has 542 valence electrons. The van der Waals surface area contributed by atoms with Gasteiger partial charge in [-0.15, -0.1) is 0 Å². The van der Waals surface area contributed by atoms with E-state index in [1.807, 2.05) is 0 Å². The molecule has 0 bridgehead atoms. The Hall–Kier alpha value is -15.1. The van der Waals surface area contributed by atoms with Gasteiger partial charge in [0.2, 0.25) is 0 Å². The number of fused-ring (bicyclic) bond motifs is 8. The van der Waals surface area contributed by atoms with Gasteiger partial charge in [0.15, 0.2) is 0 Å². The number of nitrogens with zero attached hydrogens (tertiary/aromatic N) is 6. The van der Waals surface area contributed by atoms with Gasteiger partial charge in [-0.25, -0.2) is 0 Å². The summed E-state index contributed by atoms with van der Waals surface area (Å²) >= 11 is 0. The van der Waals surface area contributed by atoms with Gasteiger partial charge in [0.05, 0.1) is 39.8 Å². The maximum absolute atomic E-state index is 2.67. The molecular weight excluding hydrogens is 1400 g/mol. The highest BCUT2D eigenvalue weighted by Gasteiger charge is 2.50. The van der Waals surface area contributed by atoms with E-state index in [4.69, 9.17) is 0 Å². The van der Waals surface area contributed by atoms with Crippen molar-refractivity contribution in [3.8, 4) is 55.6 Å². The molecule has 22 rings (SSSR count). The lowest BCUT2D eigenvalue weighted by Gasteiger charge is -2.48. The summed E-state index contributed by atoms with van der Waals surface area (Å²) in [6.45, 7) is -0.573. The molecule has 0 atom stereocenters. The van der Waals surface area contributed by atoms with Crippen molar-refractivity contribution < 1.29 is 0 Å². The highest BCUT2D eigenvalue weighted by atomic mass is 15.2. The molecular formula is C108H74B2N6. The van der Waals surface area contributed by atoms with E-state index >= 15 is 0 Å². The number of benzene rings is 18. The Morgan fingerprint density at radius 3 is 0.784 bits per heavy atom. The van der Waals surface area contributed by atoms with Crippen molar-refractivity contribution >= 4 is 149 Å². The SMILES string of the molecule is c1ccc(-c2ccccc2N(c2ccccc2)c2cc3c4c(c2)N(c2ccccc2-c2ccccc2)c2ccccc2B4c2cc4c(cc2N3c2ccccc2)N(c2ccccc2-c2ccccc2)c2cc(N(c3ccccc3)c3ccccc3-c3ccccc3)cc3c2B4c2ccccc2N3c2ccccc2-c2ccccc2)cc1. The van der Waals surface area contributed by atoms with Gasteiger partial charge in [0.1, 0.15) is 0 Å². The van der Waals surface area contributed by atoms with E-state index in [9.17, 15) is 0 Å². The van der Waals surface area contributed by atoms with E-state index in [-0.39, 0.29) is 13.4 Å². The Kier molecular flexibility index (Phi) is 16.7. The first-order valence-corrected chi connectivity index (χ1v) is 40.0. The van der Waals surface area contributed by atoms with Crippen LogP contribution in [-0.4, -0.2) is 13.4 Å². The van der Waals surface area contributed by atoms with E-state index in [2.05, 4.69) is 478 Å². The van der Waals surface area contributed by atoms with Crippen molar-refractivity contribution in [1.29, 1.82) is 0 Å². The van der Waals surface area contributed by atoms with Crippen molar-refractivity contribution in [2.24, 2.45) is 0 Å². The van der Waals surface area contributed by atoms with E-state index in [1.165, 1.54) is 32.8 Å². The monoisotopic (exact) mass is 1480 g/mol. The first-order valence-electron chi connectivity index (χ1n) is 40.0. The van der Waals surface area contributed by atoms with Crippen LogP contribution in [0.5, 0.6) is 0 Å². The smallest absolute Gasteiger partial charge is 0.252 e. The minimum atomic E-state index is -0.293. The van der Waals surface area contributed by atoms with Crippen LogP contribution in [0, 0.1) is 0 Å². The predicted octanol–water partition coefficient (Wildman–Crippen LogP) is 25.1. The lowest BCUT2D eigenvalue weighted by atomic mass is 9.30. The molecule has 4 heterocycles. The van der Waals surface area contributed by atoms with Crippen LogP contribution in [0.2, 0.25) is 0 Å². The number of para-hydroxylation sites is 10. The maximum atomic E-state index is 2.67. The zero-order valence-electron chi connectivity index (χ0n) is 63.6. The fraction of sp³-hybridized carbons (Fsp3) is 0. The molecule has 4 aliphatic rings. The van der Waals surface area contributed by atoms with Gasteiger partial charge < -0.3 is 29.4 Å². The summed E-state index contributed by atoms with van der Waals surface area (Å²) in [5.41, 5.74) is 37.8. The molecule has 0 spiro atoms. The quantitative estimate of drug-likeness (QED) is 0.0946. The summed E-state index contributed by atoms with van der Waals surface area (Å²) in [5.74, 6) is 0. The fourth-order valence-electron chi connectivity index (χ4n) is 18.9. The zero-order chi connectivity index (χ0) is 76.6. The van der Waals surface area contributed by atoms with Crippen LogP contribution in [0.1, 0.15) is 0 Å². The van der Waals surface area contributed by atoms with Crippen LogP contribution in [0.15, 0.2) is 449 Å². The minimum Gasteiger partial charge on any atom is -0.311 e. The third kappa shape index (κ3) is 11.3. The second-order valence-corrected chi connectivity index (χ2v) is 30.2. The molecule has 4 aliphatic heterocycles. The molecule has 0 aromatic heterocycles. The summed E-state index contributed by atoms with van der Waals surface area (Å²) in [6.07, 6.45) is 0. The second-order valence-electron chi connectivity index (χ2n) is 30.2. The Labute approximate surface area is 678 Å². The Morgan fingerprint density at radius 1 is 0.164 bits per heavy atom. The predicted molar refractivity (Wildman–Crippen MR) is 491 cm³/mol. The lowest BCUT2D eigenvalue weighted by molar-refractivity contribution is 1.21. The standard InChI is InChI=1S/C108H74B2N6/c1-9-39-75(40-10-1)85-55-25-32-62-94(85)111(80-49-19-6-20-50-80)83-69-103-107-104(70-83)114(96-64-34-27-57-87(96)77-43-13-3-14-44-77)99-67-37-30-60-90(99)109(107)92-73-93-102(74-101(92)113(103)82-53-23-8-24-54-82)116(98-66-36-29-59-89(98)79-47-17-5-18-48-79)106-72-84(112(81-51-21-7-22-52-81)95-63-33-26-56-86(95)76-41-11-2-12-42-76)71-105-108(106)110(93)91-61-31-38-68-100(91)115(105)97-65-35-28-58-88(97)78-45-15-4-16-46-78/h1-74H. The van der Waals surface area contributed by atoms with Crippen LogP contribution in [0.4, 0.5) is 102 Å². The maximum Gasteiger partial charge on any atom is 0.252 e. The molecule has 18 aromatic rings. The van der Waals surface area contributed by atoms with Crippen molar-refractivity contribution in [2.45, 2.75) is 0 Å². The van der Waals surface area contributed by atoms with Crippen LogP contribution in [0.3, 0.4) is 0 Å². The van der Waals surface area contributed by atoms with Crippen molar-refractivity contribution in [3.05, 3.63) is 449 Å². The lowest BCUT2D eigenvalue weighted by Crippen LogP contribution is -2.65. The van der Waals surface area contributed by atoms with Gasteiger partial charge in [-0.2, -0.15) is 0 Å². The second kappa shape index (κ2) is 28.6. The van der Waals surface area contributed by atoms with Crippen molar-refractivity contribution in [3.63, 3.8) is 0 Å². The van der Waals surface area contributed by atoms with E-state index < -0.39 is 0 Å². The van der Waals surface area contributed by atoms with Crippen molar-refractivity contribution in [2.75, 3.05) is 29.4 Å². The highest BCUT2D eigenvalue weighted by Crippen LogP contribution is 2.56. The molecule has 0 aliphatic carbocycles. The zero-order valence-corrected chi connectivity index (χ0v) is 63.6. The summed E-state index contributed by atoms with van der Waals surface area (Å²) in [5, 5.41) is 0. The van der Waals surface area contributed by atoms with Crippen LogP contribution < -0.4 is 62.2 Å². The first kappa shape index (κ1) is 67.8. The molecule has 8 heteroatoms. The van der Waals surface area contributed by atoms with E-state index in [1.54, 1.807) is 0 Å². The molecule has 6 nitrogen and oxygen atoms in total. The third-order valence-electron chi connectivity index (χ3n) is 23.7. The van der Waals surface area contributed by atoms with Gasteiger partial charge in [-0.3, -0.25) is 0 Å². The fourth-order valence-corrected chi connectivity index (χ4v) is 18.9. The first-order chi connectivity index (χ1) is 57.6. The molecule has 0 fully saturated rings. The largest absolute Gasteiger partial charge is 0.311 e. The van der Waals surface area contributed by atoms with Gasteiger partial charge >= 0.3 is 0 Å². The number of hydrogen-bond acceptors (Lipinski definition) is 6. The van der Waals surface area contributed by atoms with Gasteiger partial charge in [0.25, 0.3) is 13.4 Å². The summed E-state index contributed by atoms with van der Waals surface area (Å²) in [7, 11) is 0. The summed E-state index contributed by atoms with van der Waals surface area (Å²) in [6, 6.07) is 167. The van der Waals surface area contributed by atoms with Crippen LogP contribution >= 0.6 is 0 Å². The summed E-state index contributed by atoms with van der Waals surface area (Å²) < 4.78 is 0. The molecule has 18 aromatic carbocycles. The van der Waals surface area contributed by atoms with Crippen molar-refractivity contribution in [1.82, 2.24) is 0 Å². The molecule has 0 unspecified atom stereocenters. The molecule has 0 radical (unpaired) electrons. The number of hydrogen-bond donors (Lipinski definition) is 0. The highest BCUT2D eigenvalue weighted by molar-refractivity contribution is 7.03. The molecule has 0 saturated carbocycles. The number of anilines is 18. The third-order valence-corrected chi connectivity index (χ3v) is 23.7. The van der Waals surface area contributed by atoms with Gasteiger partial charge in [-0.1, -0.05) is 340 Å². The van der Waals surface area contributed by atoms with E-state index in [0.717, 1.165) is 158 Å². The van der Waals surface area contributed by atoms with Gasteiger partial charge in [-0.05, 0) is 170 Å². The van der Waals surface area contributed by atoms with E-state index in [0.29, 0.717) is 0 Å². The average molecular weight is 1480 g/mol. The molecule has 0 saturated heterocycles. The van der Waals surface area contributed by atoms with Gasteiger partial charge in [0, 0.05) is 90.4 Å². The minimum absolute atomic E-state index is 0.280. The average Bonchev–Trinajstić information content (AvgIpc) is 0.679. The Bertz CT molecular complexity index is 6750. The van der Waals surface area contributed by atoms with Crippen LogP contribution in [-0.2, 0) is 0 Å². The Morgan fingerprint density at radius 2 is 0.422 bits per heavy atom. The summed E-state index contributed by atoms with van der Waals surface area (Å²) in [4.78, 5) is 15.5. The number of rotatable bonds is 15.